The second-order valence-corrected chi connectivity index (χ2v) is 11.3. The highest BCUT2D eigenvalue weighted by Gasteiger charge is 2.44. The first kappa shape index (κ1) is 17.4. The van der Waals surface area contributed by atoms with Crippen LogP contribution in [-0.2, 0) is 9.22 Å². The van der Waals surface area contributed by atoms with E-state index in [1.807, 2.05) is 0 Å². The predicted molar refractivity (Wildman–Crippen MR) is 78.4 cm³/mol. The van der Waals surface area contributed by atoms with E-state index >= 15 is 0 Å². The topological polar surface area (TPSA) is 46.5 Å². The molecule has 0 aromatic carbocycles. The molecule has 0 bridgehead atoms. The predicted octanol–water partition coefficient (Wildman–Crippen LogP) is 4.21. The van der Waals surface area contributed by atoms with Crippen LogP contribution in [0.1, 0.15) is 48.5 Å². The van der Waals surface area contributed by atoms with Crippen molar-refractivity contribution in [1.82, 2.24) is 0 Å². The van der Waals surface area contributed by atoms with Crippen LogP contribution in [0.4, 0.5) is 0 Å². The Morgan fingerprint density at radius 2 is 1.50 bits per heavy atom. The number of rotatable bonds is 7. The molecule has 0 amide bonds. The third-order valence-corrected chi connectivity index (χ3v) is 9.85. The van der Waals surface area contributed by atoms with Crippen LogP contribution in [0.5, 0.6) is 0 Å². The van der Waals surface area contributed by atoms with E-state index in [9.17, 15) is 4.79 Å². The van der Waals surface area contributed by atoms with Gasteiger partial charge in [-0.3, -0.25) is 0 Å². The van der Waals surface area contributed by atoms with E-state index < -0.39 is 14.3 Å². The van der Waals surface area contributed by atoms with Crippen LogP contribution < -0.4 is 0 Å². The molecule has 0 atom stereocenters. The van der Waals surface area contributed by atoms with Crippen molar-refractivity contribution >= 4 is 14.3 Å². The third kappa shape index (κ3) is 3.95. The van der Waals surface area contributed by atoms with Crippen molar-refractivity contribution in [2.45, 2.75) is 65.1 Å². The highest BCUT2D eigenvalue weighted by molar-refractivity contribution is 6.77. The highest BCUT2D eigenvalue weighted by Crippen LogP contribution is 2.42. The van der Waals surface area contributed by atoms with E-state index in [1.54, 1.807) is 13.0 Å². The zero-order chi connectivity index (χ0) is 14.5. The van der Waals surface area contributed by atoms with E-state index in [-0.39, 0.29) is 0 Å². The van der Waals surface area contributed by atoms with Gasteiger partial charge in [-0.2, -0.15) is 0 Å². The van der Waals surface area contributed by atoms with Gasteiger partial charge in [0, 0.05) is 5.57 Å². The number of carboxylic acid groups (broad SMARTS) is 1. The van der Waals surface area contributed by atoms with E-state index in [0.29, 0.717) is 28.8 Å². The lowest BCUT2D eigenvalue weighted by atomic mass is 10.3. The van der Waals surface area contributed by atoms with Crippen LogP contribution >= 0.6 is 0 Å². The van der Waals surface area contributed by atoms with Gasteiger partial charge in [-0.25, -0.2) is 4.79 Å². The van der Waals surface area contributed by atoms with Crippen LogP contribution in [0.15, 0.2) is 11.6 Å². The van der Waals surface area contributed by atoms with Gasteiger partial charge in [0.25, 0.3) is 0 Å². The molecular formula is C14H28O3Si. The van der Waals surface area contributed by atoms with Gasteiger partial charge in [0.2, 0.25) is 8.32 Å². The largest absolute Gasteiger partial charge is 0.478 e. The molecule has 0 aliphatic rings. The second kappa shape index (κ2) is 7.09. The molecule has 0 fully saturated rings. The number of hydrogen-bond donors (Lipinski definition) is 1. The third-order valence-electron chi connectivity index (χ3n) is 3.77. The highest BCUT2D eigenvalue weighted by atomic mass is 28.4. The standard InChI is InChI=1S/C14H28O3Si/c1-10(2)18(11(3)4,12(5)6)17-9-8-13(7)14(15)16/h8,10-12H,9H2,1-7H3,(H,15,16)/b13-8+. The molecule has 0 aromatic rings. The Morgan fingerprint density at radius 1 is 1.11 bits per heavy atom. The fourth-order valence-electron chi connectivity index (χ4n) is 2.90. The summed E-state index contributed by atoms with van der Waals surface area (Å²) in [4.78, 5) is 10.7. The van der Waals surface area contributed by atoms with Gasteiger partial charge < -0.3 is 9.53 Å². The first-order chi connectivity index (χ1) is 8.16. The fourth-order valence-corrected chi connectivity index (χ4v) is 8.27. The van der Waals surface area contributed by atoms with Gasteiger partial charge in [0.1, 0.15) is 0 Å². The Bertz CT molecular complexity index is 284. The van der Waals surface area contributed by atoms with Crippen LogP contribution in [0.25, 0.3) is 0 Å². The Labute approximate surface area is 112 Å². The normalized spacial score (nSPS) is 13.8. The van der Waals surface area contributed by atoms with E-state index in [4.69, 9.17) is 9.53 Å². The van der Waals surface area contributed by atoms with Crippen molar-refractivity contribution in [3.63, 3.8) is 0 Å². The van der Waals surface area contributed by atoms with Crippen molar-refractivity contribution < 1.29 is 14.3 Å². The SMILES string of the molecule is C/C(=C\CO[Si](C(C)C)(C(C)C)C(C)C)C(=O)O. The van der Waals surface area contributed by atoms with Gasteiger partial charge in [0.15, 0.2) is 0 Å². The molecule has 0 spiro atoms. The van der Waals surface area contributed by atoms with Gasteiger partial charge in [-0.05, 0) is 23.5 Å². The molecule has 1 N–H and O–H groups in total. The fraction of sp³-hybridized carbons (Fsp3) is 0.786. The summed E-state index contributed by atoms with van der Waals surface area (Å²) in [5.74, 6) is -0.871. The summed E-state index contributed by atoms with van der Waals surface area (Å²) in [6.07, 6.45) is 1.68. The summed E-state index contributed by atoms with van der Waals surface area (Å²) >= 11 is 0. The number of aliphatic carboxylic acids is 1. The number of hydrogen-bond acceptors (Lipinski definition) is 2. The lowest BCUT2D eigenvalue weighted by molar-refractivity contribution is -0.132. The molecule has 106 valence electrons. The second-order valence-electron chi connectivity index (χ2n) is 5.82. The quantitative estimate of drug-likeness (QED) is 0.558. The molecule has 0 saturated heterocycles. The summed E-state index contributed by atoms with van der Waals surface area (Å²) in [6.45, 7) is 15.4. The maximum atomic E-state index is 10.7. The Morgan fingerprint density at radius 3 is 1.78 bits per heavy atom. The maximum absolute atomic E-state index is 10.7. The summed E-state index contributed by atoms with van der Waals surface area (Å²) in [6, 6.07) is 0. The van der Waals surface area contributed by atoms with Crippen molar-refractivity contribution in [1.29, 1.82) is 0 Å². The van der Waals surface area contributed by atoms with Crippen molar-refractivity contribution in [2.75, 3.05) is 6.61 Å². The Balaban J connectivity index is 4.93. The maximum Gasteiger partial charge on any atom is 0.331 e. The lowest BCUT2D eigenvalue weighted by Gasteiger charge is -2.41. The van der Waals surface area contributed by atoms with Crippen molar-refractivity contribution in [2.24, 2.45) is 0 Å². The molecule has 3 nitrogen and oxygen atoms in total. The Hall–Kier alpha value is -0.613. The average Bonchev–Trinajstić information content (AvgIpc) is 2.21. The minimum Gasteiger partial charge on any atom is -0.478 e. The molecule has 0 saturated carbocycles. The van der Waals surface area contributed by atoms with Crippen LogP contribution in [0, 0.1) is 0 Å². The molecule has 18 heavy (non-hydrogen) atoms. The first-order valence-electron chi connectivity index (χ1n) is 6.70. The smallest absolute Gasteiger partial charge is 0.331 e. The summed E-state index contributed by atoms with van der Waals surface area (Å²) in [7, 11) is -1.87. The van der Waals surface area contributed by atoms with Gasteiger partial charge in [-0.15, -0.1) is 0 Å². The molecule has 0 aromatic heterocycles. The van der Waals surface area contributed by atoms with Gasteiger partial charge in [-0.1, -0.05) is 47.6 Å². The Kier molecular flexibility index (Phi) is 6.85. The summed E-state index contributed by atoms with van der Waals surface area (Å²) < 4.78 is 6.23. The van der Waals surface area contributed by atoms with E-state index in [1.165, 1.54) is 0 Å². The first-order valence-corrected chi connectivity index (χ1v) is 8.84. The summed E-state index contributed by atoms with van der Waals surface area (Å²) in [5, 5.41) is 8.83. The average molecular weight is 272 g/mol. The van der Waals surface area contributed by atoms with Crippen molar-refractivity contribution in [3.8, 4) is 0 Å². The summed E-state index contributed by atoms with van der Waals surface area (Å²) in [5.41, 5.74) is 1.93. The number of carbonyl (C=O) groups is 1. The monoisotopic (exact) mass is 272 g/mol. The molecule has 0 aliphatic carbocycles. The molecule has 0 rings (SSSR count). The molecule has 0 radical (unpaired) electrons. The lowest BCUT2D eigenvalue weighted by Crippen LogP contribution is -2.47. The zero-order valence-electron chi connectivity index (χ0n) is 12.8. The molecule has 0 heterocycles. The van der Waals surface area contributed by atoms with E-state index in [2.05, 4.69) is 41.5 Å². The van der Waals surface area contributed by atoms with Crippen LogP contribution in [-0.4, -0.2) is 26.0 Å². The minimum absolute atomic E-state index is 0.356. The molecule has 4 heteroatoms. The molecule has 0 aliphatic heterocycles. The zero-order valence-corrected chi connectivity index (χ0v) is 13.8. The van der Waals surface area contributed by atoms with E-state index in [0.717, 1.165) is 0 Å². The minimum atomic E-state index is -1.87. The van der Waals surface area contributed by atoms with Crippen LogP contribution in [0.2, 0.25) is 16.6 Å². The van der Waals surface area contributed by atoms with Crippen LogP contribution in [0.3, 0.4) is 0 Å². The van der Waals surface area contributed by atoms with Crippen molar-refractivity contribution in [3.05, 3.63) is 11.6 Å². The molecular weight excluding hydrogens is 244 g/mol. The number of carboxylic acids is 1. The van der Waals surface area contributed by atoms with Gasteiger partial charge >= 0.3 is 5.97 Å². The molecule has 0 unspecified atom stereocenters. The van der Waals surface area contributed by atoms with Gasteiger partial charge in [0.05, 0.1) is 6.61 Å².